The molecule has 28 heavy (non-hydrogen) atoms. The number of likely N-dealkylation sites (tertiary alicyclic amines) is 1. The van der Waals surface area contributed by atoms with Gasteiger partial charge in [-0.05, 0) is 38.0 Å². The van der Waals surface area contributed by atoms with Crippen molar-refractivity contribution in [2.45, 2.75) is 32.4 Å². The minimum Gasteiger partial charge on any atom is -0.457 e. The molecule has 0 amide bonds. The second kappa shape index (κ2) is 11.9. The molecule has 1 N–H and O–H groups in total. The van der Waals surface area contributed by atoms with Gasteiger partial charge < -0.3 is 19.7 Å². The zero-order valence-corrected chi connectivity index (χ0v) is 19.0. The Morgan fingerprint density at radius 1 is 1.07 bits per heavy atom. The molecule has 0 atom stereocenters. The molecule has 0 spiro atoms. The molecule has 1 fully saturated rings. The maximum absolute atomic E-state index is 6.05. The van der Waals surface area contributed by atoms with E-state index in [0.29, 0.717) is 12.6 Å². The lowest BCUT2D eigenvalue weighted by Gasteiger charge is -2.34. The van der Waals surface area contributed by atoms with Crippen LogP contribution in [0.5, 0.6) is 11.5 Å². The van der Waals surface area contributed by atoms with Crippen molar-refractivity contribution in [2.75, 3.05) is 26.7 Å². The van der Waals surface area contributed by atoms with E-state index in [-0.39, 0.29) is 24.0 Å². The SMILES string of the molecule is CCOC1CCN(C(=NC)NCc2ccccc2Oc2ccccc2)CC1.I. The fraction of sp³-hybridized carbons (Fsp3) is 0.409. The molecule has 5 nitrogen and oxygen atoms in total. The van der Waals surface area contributed by atoms with Gasteiger partial charge in [0.1, 0.15) is 11.5 Å². The van der Waals surface area contributed by atoms with E-state index in [0.717, 1.165) is 55.6 Å². The van der Waals surface area contributed by atoms with E-state index in [2.05, 4.69) is 28.2 Å². The third kappa shape index (κ3) is 6.38. The molecule has 6 heteroatoms. The van der Waals surface area contributed by atoms with Gasteiger partial charge in [-0.1, -0.05) is 36.4 Å². The molecule has 0 aliphatic carbocycles. The van der Waals surface area contributed by atoms with Gasteiger partial charge in [-0.3, -0.25) is 4.99 Å². The molecule has 0 unspecified atom stereocenters. The van der Waals surface area contributed by atoms with Crippen LogP contribution in [-0.2, 0) is 11.3 Å². The Hall–Kier alpha value is -1.80. The Morgan fingerprint density at radius 2 is 1.75 bits per heavy atom. The van der Waals surface area contributed by atoms with E-state index >= 15 is 0 Å². The predicted octanol–water partition coefficient (Wildman–Crippen LogP) is 4.67. The van der Waals surface area contributed by atoms with Gasteiger partial charge in [-0.25, -0.2) is 0 Å². The first-order valence-electron chi connectivity index (χ1n) is 9.68. The van der Waals surface area contributed by atoms with E-state index in [1.165, 1.54) is 0 Å². The summed E-state index contributed by atoms with van der Waals surface area (Å²) >= 11 is 0. The summed E-state index contributed by atoms with van der Waals surface area (Å²) < 4.78 is 11.8. The van der Waals surface area contributed by atoms with Gasteiger partial charge >= 0.3 is 0 Å². The van der Waals surface area contributed by atoms with Crippen LogP contribution in [0.1, 0.15) is 25.3 Å². The Balaban J connectivity index is 0.00000280. The molecule has 2 aromatic rings. The first-order chi connectivity index (χ1) is 13.3. The lowest BCUT2D eigenvalue weighted by atomic mass is 10.1. The van der Waals surface area contributed by atoms with Crippen molar-refractivity contribution in [3.63, 3.8) is 0 Å². The molecule has 1 saturated heterocycles. The van der Waals surface area contributed by atoms with Crippen molar-refractivity contribution in [1.29, 1.82) is 0 Å². The van der Waals surface area contributed by atoms with Crippen LogP contribution in [0.3, 0.4) is 0 Å². The number of rotatable bonds is 6. The molecule has 0 saturated carbocycles. The Labute approximate surface area is 185 Å². The standard InChI is InChI=1S/C22H29N3O2.HI/c1-3-26-19-13-15-25(16-14-19)22(23-2)24-17-18-9-7-8-12-21(18)27-20-10-5-4-6-11-20;/h4-12,19H,3,13-17H2,1-2H3,(H,23,24);1H. The van der Waals surface area contributed by atoms with Crippen molar-refractivity contribution in [3.05, 3.63) is 60.2 Å². The Kier molecular flexibility index (Phi) is 9.57. The second-order valence-corrected chi connectivity index (χ2v) is 6.57. The maximum atomic E-state index is 6.05. The Morgan fingerprint density at radius 3 is 2.43 bits per heavy atom. The molecule has 152 valence electrons. The minimum absolute atomic E-state index is 0. The van der Waals surface area contributed by atoms with Crippen LogP contribution >= 0.6 is 24.0 Å². The van der Waals surface area contributed by atoms with Crippen molar-refractivity contribution in [2.24, 2.45) is 4.99 Å². The van der Waals surface area contributed by atoms with Gasteiger partial charge in [-0.2, -0.15) is 0 Å². The quantitative estimate of drug-likeness (QED) is 0.360. The van der Waals surface area contributed by atoms with E-state index in [9.17, 15) is 0 Å². The number of aliphatic imine (C=N–C) groups is 1. The molecule has 1 aliphatic heterocycles. The topological polar surface area (TPSA) is 46.1 Å². The fourth-order valence-electron chi connectivity index (χ4n) is 3.34. The van der Waals surface area contributed by atoms with Gasteiger partial charge in [0.05, 0.1) is 6.10 Å². The number of benzene rings is 2. The summed E-state index contributed by atoms with van der Waals surface area (Å²) in [7, 11) is 1.84. The largest absolute Gasteiger partial charge is 0.457 e. The highest BCUT2D eigenvalue weighted by Gasteiger charge is 2.21. The monoisotopic (exact) mass is 495 g/mol. The van der Waals surface area contributed by atoms with Crippen LogP contribution in [0.25, 0.3) is 0 Å². The molecule has 0 bridgehead atoms. The van der Waals surface area contributed by atoms with E-state index < -0.39 is 0 Å². The van der Waals surface area contributed by atoms with Crippen LogP contribution in [0.15, 0.2) is 59.6 Å². The summed E-state index contributed by atoms with van der Waals surface area (Å²) in [5.74, 6) is 2.63. The van der Waals surface area contributed by atoms with Gasteiger partial charge in [0.15, 0.2) is 5.96 Å². The number of nitrogens with zero attached hydrogens (tertiary/aromatic N) is 2. The molecule has 2 aromatic carbocycles. The number of halogens is 1. The summed E-state index contributed by atoms with van der Waals surface area (Å²) in [6, 6.07) is 18.0. The molecule has 0 aromatic heterocycles. The lowest BCUT2D eigenvalue weighted by Crippen LogP contribution is -2.46. The highest BCUT2D eigenvalue weighted by Crippen LogP contribution is 2.25. The number of guanidine groups is 1. The number of hydrogen-bond donors (Lipinski definition) is 1. The van der Waals surface area contributed by atoms with Crippen molar-refractivity contribution in [1.82, 2.24) is 10.2 Å². The normalized spacial score (nSPS) is 15.1. The maximum Gasteiger partial charge on any atom is 0.193 e. The summed E-state index contributed by atoms with van der Waals surface area (Å²) in [6.45, 7) is 5.44. The summed E-state index contributed by atoms with van der Waals surface area (Å²) in [5.41, 5.74) is 1.10. The first kappa shape index (κ1) is 22.5. The number of hydrogen-bond acceptors (Lipinski definition) is 3. The fourth-order valence-corrected chi connectivity index (χ4v) is 3.34. The van der Waals surface area contributed by atoms with Gasteiger partial charge in [-0.15, -0.1) is 24.0 Å². The number of ether oxygens (including phenoxy) is 2. The zero-order chi connectivity index (χ0) is 18.9. The average molecular weight is 495 g/mol. The number of piperidine rings is 1. The molecular formula is C22H30IN3O2. The molecular weight excluding hydrogens is 465 g/mol. The van der Waals surface area contributed by atoms with Gasteiger partial charge in [0.25, 0.3) is 0 Å². The first-order valence-corrected chi connectivity index (χ1v) is 9.68. The van der Waals surface area contributed by atoms with Crippen molar-refractivity contribution in [3.8, 4) is 11.5 Å². The van der Waals surface area contributed by atoms with Gasteiger partial charge in [0, 0.05) is 38.9 Å². The van der Waals surface area contributed by atoms with Crippen molar-refractivity contribution >= 4 is 29.9 Å². The Bertz CT molecular complexity index is 732. The van der Waals surface area contributed by atoms with Crippen LogP contribution in [0, 0.1) is 0 Å². The van der Waals surface area contributed by atoms with Crippen molar-refractivity contribution < 1.29 is 9.47 Å². The highest BCUT2D eigenvalue weighted by atomic mass is 127. The minimum atomic E-state index is 0. The zero-order valence-electron chi connectivity index (χ0n) is 16.6. The summed E-state index contributed by atoms with van der Waals surface area (Å²) in [6.07, 6.45) is 2.47. The van der Waals surface area contributed by atoms with Crippen LogP contribution in [-0.4, -0.2) is 43.7 Å². The third-order valence-corrected chi connectivity index (χ3v) is 4.74. The smallest absolute Gasteiger partial charge is 0.193 e. The van der Waals surface area contributed by atoms with E-state index in [1.807, 2.05) is 55.6 Å². The summed E-state index contributed by atoms with van der Waals surface area (Å²) in [4.78, 5) is 6.76. The number of para-hydroxylation sites is 2. The molecule has 1 heterocycles. The van der Waals surface area contributed by atoms with E-state index in [4.69, 9.17) is 9.47 Å². The summed E-state index contributed by atoms with van der Waals surface area (Å²) in [5, 5.41) is 3.48. The average Bonchev–Trinajstić information content (AvgIpc) is 2.72. The van der Waals surface area contributed by atoms with Crippen LogP contribution in [0.4, 0.5) is 0 Å². The molecule has 0 radical (unpaired) electrons. The van der Waals surface area contributed by atoms with E-state index in [1.54, 1.807) is 0 Å². The third-order valence-electron chi connectivity index (χ3n) is 4.74. The highest BCUT2D eigenvalue weighted by molar-refractivity contribution is 14.0. The van der Waals surface area contributed by atoms with Gasteiger partial charge in [0.2, 0.25) is 0 Å². The van der Waals surface area contributed by atoms with Crippen LogP contribution < -0.4 is 10.1 Å². The predicted molar refractivity (Wildman–Crippen MR) is 125 cm³/mol. The number of nitrogens with one attached hydrogen (secondary N) is 1. The molecule has 1 aliphatic rings. The molecule has 3 rings (SSSR count). The second-order valence-electron chi connectivity index (χ2n) is 6.57. The van der Waals surface area contributed by atoms with Crippen LogP contribution in [0.2, 0.25) is 0 Å². The lowest BCUT2D eigenvalue weighted by molar-refractivity contribution is 0.0263.